The number of thioether (sulfide) groups is 1. The molecule has 0 atom stereocenters. The minimum absolute atomic E-state index is 0.151. The highest BCUT2D eigenvalue weighted by Crippen LogP contribution is 2.36. The fraction of sp³-hybridized carbons (Fsp3) is 0.129. The molecule has 20 rings (SSSR count). The smallest absolute Gasteiger partial charge is 0.337 e. The van der Waals surface area contributed by atoms with E-state index in [0.29, 0.717) is 111 Å². The normalized spacial score (nSPS) is 11.0. The van der Waals surface area contributed by atoms with E-state index < -0.39 is 11.0 Å². The molecule has 25 nitrogen and oxygen atoms in total. The summed E-state index contributed by atoms with van der Waals surface area (Å²) in [6, 6.07) is 90.7. The third-order valence-electron chi connectivity index (χ3n) is 23.9. The molecule has 752 valence electrons. The zero-order valence-corrected chi connectivity index (χ0v) is 83.9. The molecule has 33 heteroatoms. The number of alkyl halides is 1. The Balaban J connectivity index is 0.000000133. The number of carbonyl (C=O) groups excluding carboxylic acids is 6. The summed E-state index contributed by atoms with van der Waals surface area (Å²) < 4.78 is 110. The Bertz CT molecular complexity index is 8170. The van der Waals surface area contributed by atoms with Crippen LogP contribution in [0.25, 0.3) is 83.0 Å². The molecule has 0 saturated carbocycles. The molecule has 0 saturated heterocycles. The van der Waals surface area contributed by atoms with E-state index in [4.69, 9.17) is 14.2 Å². The monoisotopic (exact) mass is 2090 g/mol. The first-order valence-electron chi connectivity index (χ1n) is 47.0. The number of aromatic nitrogens is 10. The lowest BCUT2D eigenvalue weighted by atomic mass is 10.0. The van der Waals surface area contributed by atoms with Crippen molar-refractivity contribution in [2.24, 2.45) is 0 Å². The zero-order valence-electron chi connectivity index (χ0n) is 81.5. The SMILES string of the molecule is CC(C)(F)Sc1ccc(CNC(=O)c2cccc3c2cnn3-c2ccc(F)cc2)cc1.CCCc1c(Br)cccc1CNC(=O)c1cccc2c1cnn2-c1ccc(F)cc1.COC(=O)c1ccc(CNC(=O)c2cccc3c2cnn3-c2ccc(F)cc2)cc1.COc1ccc(CNC(=O)c2cccc3c2cnn3-c2ccc(F)cc2)c(OC)c1.COc1ccc(CNC(=O)c2cccc3c2cnn3-c2ccc(F)cc2)cc1. The van der Waals surface area contributed by atoms with Crippen LogP contribution < -0.4 is 40.8 Å². The molecule has 5 amide bonds. The number of nitrogens with zero attached hydrogens (tertiary/aromatic N) is 10. The number of fused-ring (bicyclic) bond motifs is 5. The van der Waals surface area contributed by atoms with Crippen LogP contribution in [0.3, 0.4) is 0 Å². The predicted molar refractivity (Wildman–Crippen MR) is 567 cm³/mol. The molecule has 149 heavy (non-hydrogen) atoms. The topological polar surface area (TPSA) is 289 Å². The molecule has 5 N–H and O–H groups in total. The van der Waals surface area contributed by atoms with Gasteiger partial charge in [0, 0.05) is 80.7 Å². The fourth-order valence-electron chi connectivity index (χ4n) is 16.4. The zero-order chi connectivity index (χ0) is 105. The van der Waals surface area contributed by atoms with E-state index in [0.717, 1.165) is 117 Å². The van der Waals surface area contributed by atoms with Gasteiger partial charge in [0.25, 0.3) is 29.5 Å². The molecule has 0 aliphatic heterocycles. The van der Waals surface area contributed by atoms with Gasteiger partial charge in [-0.05, 0) is 285 Å². The van der Waals surface area contributed by atoms with Gasteiger partial charge in [-0.2, -0.15) is 25.5 Å². The maximum atomic E-state index is 13.8. The molecule has 5 heterocycles. The Kier molecular flexibility index (Phi) is 33.8. The number of nitrogens with one attached hydrogen (secondary N) is 5. The van der Waals surface area contributed by atoms with Gasteiger partial charge in [0.1, 0.15) is 46.3 Å². The van der Waals surface area contributed by atoms with Crippen LogP contribution in [-0.4, -0.2) is 118 Å². The maximum absolute atomic E-state index is 13.8. The molecule has 15 aromatic carbocycles. The summed E-state index contributed by atoms with van der Waals surface area (Å²) in [5.74, 6) is -0.897. The highest BCUT2D eigenvalue weighted by Gasteiger charge is 2.24. The fourth-order valence-corrected chi connectivity index (χ4v) is 17.9. The first-order chi connectivity index (χ1) is 72.2. The minimum Gasteiger partial charge on any atom is -0.497 e. The quantitative estimate of drug-likeness (QED) is 0.0173. The molecule has 0 unspecified atom stereocenters. The van der Waals surface area contributed by atoms with E-state index >= 15 is 0 Å². The number of methoxy groups -OCH3 is 4. The molecule has 0 radical (unpaired) electrons. The van der Waals surface area contributed by atoms with Crippen molar-refractivity contribution in [1.82, 2.24) is 75.5 Å². The Morgan fingerprint density at radius 2 is 0.624 bits per heavy atom. The molecule has 0 bridgehead atoms. The number of halogens is 7. The number of carbonyl (C=O) groups is 6. The number of esters is 1. The first kappa shape index (κ1) is 104. The Hall–Kier alpha value is -17.7. The van der Waals surface area contributed by atoms with Gasteiger partial charge in [-0.3, -0.25) is 24.0 Å². The molecule has 0 spiro atoms. The van der Waals surface area contributed by atoms with Gasteiger partial charge in [0.2, 0.25) is 0 Å². The van der Waals surface area contributed by atoms with E-state index in [-0.39, 0.29) is 58.6 Å². The van der Waals surface area contributed by atoms with Crippen LogP contribution in [0.5, 0.6) is 17.2 Å². The molecule has 20 aromatic rings. The van der Waals surface area contributed by atoms with Gasteiger partial charge < -0.3 is 45.5 Å². The van der Waals surface area contributed by atoms with Crippen LogP contribution in [0, 0.1) is 29.1 Å². The van der Waals surface area contributed by atoms with Gasteiger partial charge in [0.05, 0.1) is 149 Å². The van der Waals surface area contributed by atoms with Gasteiger partial charge in [-0.1, -0.05) is 120 Å². The van der Waals surface area contributed by atoms with Crippen LogP contribution >= 0.6 is 27.7 Å². The third-order valence-corrected chi connectivity index (χ3v) is 25.6. The predicted octanol–water partition coefficient (Wildman–Crippen LogP) is 23.8. The maximum Gasteiger partial charge on any atom is 0.337 e. The lowest BCUT2D eigenvalue weighted by Gasteiger charge is -2.13. The van der Waals surface area contributed by atoms with Crippen molar-refractivity contribution in [3.63, 3.8) is 0 Å². The summed E-state index contributed by atoms with van der Waals surface area (Å²) in [5, 5.41) is 38.9. The summed E-state index contributed by atoms with van der Waals surface area (Å²) in [5.41, 5.74) is 16.4. The molecule has 0 fully saturated rings. The van der Waals surface area contributed by atoms with Crippen molar-refractivity contribution in [1.29, 1.82) is 0 Å². The van der Waals surface area contributed by atoms with E-state index in [9.17, 15) is 55.1 Å². The highest BCUT2D eigenvalue weighted by molar-refractivity contribution is 9.10. The average Bonchev–Trinajstić information content (AvgIpc) is 1.66. The number of benzene rings is 15. The average molecular weight is 2090 g/mol. The number of hydrogen-bond donors (Lipinski definition) is 5. The second-order valence-corrected chi connectivity index (χ2v) is 36.7. The van der Waals surface area contributed by atoms with Crippen LogP contribution in [0.4, 0.5) is 26.3 Å². The van der Waals surface area contributed by atoms with Gasteiger partial charge in [0.15, 0.2) is 5.00 Å². The second kappa shape index (κ2) is 48.3. The van der Waals surface area contributed by atoms with E-state index in [1.165, 1.54) is 87.2 Å². The summed E-state index contributed by atoms with van der Waals surface area (Å²) in [7, 11) is 6.10. The number of rotatable bonds is 28. The van der Waals surface area contributed by atoms with Crippen LogP contribution in [0.1, 0.15) is 123 Å². The number of hydrogen-bond acceptors (Lipinski definition) is 16. The summed E-state index contributed by atoms with van der Waals surface area (Å²) >= 11 is 4.76. The van der Waals surface area contributed by atoms with Crippen molar-refractivity contribution in [2.75, 3.05) is 28.4 Å². The Labute approximate surface area is 865 Å². The van der Waals surface area contributed by atoms with Crippen molar-refractivity contribution in [2.45, 2.75) is 76.2 Å². The van der Waals surface area contributed by atoms with E-state index in [2.05, 4.69) is 79.7 Å². The Morgan fingerprint density at radius 3 is 0.919 bits per heavy atom. The summed E-state index contributed by atoms with van der Waals surface area (Å²) in [6.07, 6.45) is 10.2. The van der Waals surface area contributed by atoms with Crippen molar-refractivity contribution in [3.05, 3.63) is 453 Å². The summed E-state index contributed by atoms with van der Waals surface area (Å²) in [6.45, 7) is 7.00. The second-order valence-electron chi connectivity index (χ2n) is 34.2. The minimum atomic E-state index is -1.34. The van der Waals surface area contributed by atoms with Gasteiger partial charge in [-0.15, -0.1) is 0 Å². The van der Waals surface area contributed by atoms with Crippen molar-refractivity contribution in [3.8, 4) is 45.7 Å². The molecular formula is C116H98BrF6N15O10S. The first-order valence-corrected chi connectivity index (χ1v) is 48.6. The lowest BCUT2D eigenvalue weighted by Crippen LogP contribution is -2.23. The lowest BCUT2D eigenvalue weighted by molar-refractivity contribution is 0.0599. The number of amides is 5. The number of ether oxygens (including phenoxy) is 4. The van der Waals surface area contributed by atoms with E-state index in [1.54, 1.807) is 215 Å². The largest absolute Gasteiger partial charge is 0.497 e. The molecule has 0 aliphatic carbocycles. The van der Waals surface area contributed by atoms with Crippen LogP contribution in [0.15, 0.2) is 362 Å². The Morgan fingerprint density at radius 1 is 0.336 bits per heavy atom. The van der Waals surface area contributed by atoms with Crippen LogP contribution in [-0.2, 0) is 43.9 Å². The van der Waals surface area contributed by atoms with Gasteiger partial charge in [-0.25, -0.2) is 54.5 Å². The van der Waals surface area contributed by atoms with Gasteiger partial charge >= 0.3 is 5.97 Å². The molecule has 5 aromatic heterocycles. The van der Waals surface area contributed by atoms with Crippen molar-refractivity contribution >= 4 is 118 Å². The molecular weight excluding hydrogens is 1990 g/mol. The standard InChI is InChI=1S/C24H21BrFN3O.C24H21F2N3OS.C23H20FN3O3.C23H18FN3O3.C22H18FN3O2/c1-2-5-19-16(6-3-8-22(19)25)14-27-24(30)20-7-4-9-23-21(20)15-28-29(23)18-12-10-17(26)11-13-18;1-24(2,26)31-19-12-6-16(7-13-19)14-27-23(30)20-4-3-5-22-21(20)15-28-29(22)18-10-8-17(25)9-11-18;1-29-18-11-6-15(22(12-18)30-2)13-25-23(28)19-4-3-5-21-20(19)14-26-27(21)17-9-7-16(24)8-10-17;1-30-23(29)16-7-5-15(6-8-16)13-25-22(28)19-3-2-4-21-20(19)14-26-27(21)18-11-9-17(24)10-12-18;1-28-18-11-5-15(6-12-18)13-24-22(27)19-3-2-4-21-20(19)14-25-26(21)17-9-7-16(23)8-10-17/h3-4,6-13,15H,2,5,14H2,1H3,(H,27,30);3-13,15H,14H2,1-2H3,(H,27,30);3-12,14H,13H2,1-2H3,(H,25,28);2-12,14H,13H2,1H3,(H,25,28);2-12,14H,13H2,1H3,(H,24,27). The molecule has 0 aliphatic rings. The third kappa shape index (κ3) is 25.6. The van der Waals surface area contributed by atoms with Crippen molar-refractivity contribution < 1.29 is 74.1 Å². The summed E-state index contributed by atoms with van der Waals surface area (Å²) in [4.78, 5) is 76.5. The highest BCUT2D eigenvalue weighted by atomic mass is 79.9. The van der Waals surface area contributed by atoms with Crippen LogP contribution in [0.2, 0.25) is 0 Å². The van der Waals surface area contributed by atoms with E-state index in [1.807, 2.05) is 121 Å².